The first-order valence-electron chi connectivity index (χ1n) is 22.0. The third-order valence-electron chi connectivity index (χ3n) is 11.7. The summed E-state index contributed by atoms with van der Waals surface area (Å²) in [5, 5.41) is 0. The number of carbonyl (C=O) groups excluding carboxylic acids is 1. The van der Waals surface area contributed by atoms with Crippen LogP contribution in [0.15, 0.2) is 154 Å². The van der Waals surface area contributed by atoms with Gasteiger partial charge in [-0.15, -0.1) is 24.7 Å². The van der Waals surface area contributed by atoms with Crippen molar-refractivity contribution in [3.63, 3.8) is 0 Å². The maximum absolute atomic E-state index is 13.2. The van der Waals surface area contributed by atoms with E-state index < -0.39 is 0 Å². The Labute approximate surface area is 376 Å². The van der Waals surface area contributed by atoms with Crippen molar-refractivity contribution in [2.75, 3.05) is 16.3 Å². The van der Waals surface area contributed by atoms with Gasteiger partial charge in [-0.25, -0.2) is 0 Å². The zero-order valence-corrected chi connectivity index (χ0v) is 40.0. The van der Waals surface area contributed by atoms with E-state index in [9.17, 15) is 4.79 Å². The number of nitrogens with zero attached hydrogens (tertiary/aromatic N) is 2. The van der Waals surface area contributed by atoms with Crippen molar-refractivity contribution in [1.82, 2.24) is 0 Å². The molecule has 3 nitrogen and oxygen atoms in total. The summed E-state index contributed by atoms with van der Waals surface area (Å²) in [5.74, 6) is 5.18. The first-order chi connectivity index (χ1) is 29.2. The smallest absolute Gasteiger partial charge is 0.168 e. The van der Waals surface area contributed by atoms with E-state index in [0.29, 0.717) is 12.3 Å². The van der Waals surface area contributed by atoms with Crippen LogP contribution in [0.25, 0.3) is 0 Å². The number of carbonyl (C=O) groups is 1. The maximum Gasteiger partial charge on any atom is 0.168 e. The molecule has 2 aromatic carbocycles. The minimum atomic E-state index is 0.0561. The lowest BCUT2D eigenvalue weighted by molar-refractivity contribution is 0.0990. The van der Waals surface area contributed by atoms with Gasteiger partial charge in [0.25, 0.3) is 0 Å². The summed E-state index contributed by atoms with van der Waals surface area (Å²) in [6.07, 6.45) is 41.9. The van der Waals surface area contributed by atoms with Crippen LogP contribution in [-0.4, -0.2) is 18.4 Å². The van der Waals surface area contributed by atoms with Gasteiger partial charge in [-0.3, -0.25) is 4.79 Å². The topological polar surface area (TPSA) is 23.6 Å². The number of ketones is 1. The van der Waals surface area contributed by atoms with Crippen molar-refractivity contribution in [2.45, 2.75) is 131 Å². The fourth-order valence-electron chi connectivity index (χ4n) is 8.46. The zero-order valence-electron chi connectivity index (χ0n) is 39.1. The van der Waals surface area contributed by atoms with Crippen molar-refractivity contribution >= 4 is 28.9 Å². The summed E-state index contributed by atoms with van der Waals surface area (Å²) >= 11 is 1.74. The molecule has 4 heteroatoms. The molecular weight excluding hydrogens is 761 g/mol. The van der Waals surface area contributed by atoms with Gasteiger partial charge in [0.15, 0.2) is 5.78 Å². The molecule has 3 aliphatic heterocycles. The molecule has 61 heavy (non-hydrogen) atoms. The Kier molecular flexibility index (Phi) is 20.0. The van der Waals surface area contributed by atoms with E-state index in [4.69, 9.17) is 0 Å². The lowest BCUT2D eigenvalue weighted by Gasteiger charge is -2.52. The molecule has 0 saturated heterocycles. The van der Waals surface area contributed by atoms with Crippen molar-refractivity contribution < 1.29 is 4.79 Å². The molecule has 3 heterocycles. The molecule has 0 spiro atoms. The maximum atomic E-state index is 13.2. The van der Waals surface area contributed by atoms with Crippen molar-refractivity contribution in [3.05, 3.63) is 161 Å². The highest BCUT2D eigenvalue weighted by Gasteiger charge is 2.45. The second kappa shape index (κ2) is 24.3. The molecule has 2 aliphatic carbocycles. The van der Waals surface area contributed by atoms with Gasteiger partial charge < -0.3 is 9.80 Å². The van der Waals surface area contributed by atoms with Crippen LogP contribution in [-0.2, 0) is 5.41 Å². The van der Waals surface area contributed by atoms with Crippen LogP contribution < -0.4 is 9.80 Å². The standard InChI is InChI=1S/C30H33NOS.C19H25N.2C3H4.C2H6/c1-20-18-28(32)23-19-22(16-17-29(23)33-21(20)2)31-26-14-10-6-5-8-12-24(26)30(3,4)25-13-9-7-11-15-27(25)31;1-16(2)20-15-11-7-5-6-10-14-19(3,4)17-12-8-9-13-18(17)20;2*1-3-2;1-2/h5,7-11,13-14,16-17,19,24,26H,6,12,15,18H2,1-4H3;5-9,11-13H,1,10,14-15H2,2-4H3;2*1H,2H3;1-2H3/b8-5-,14-10-;6-5-,11-7-;;;. The second-order valence-electron chi connectivity index (χ2n) is 16.8. The Balaban J connectivity index is 0.000000302. The van der Waals surface area contributed by atoms with Crippen LogP contribution >= 0.6 is 11.8 Å². The predicted molar refractivity (Wildman–Crippen MR) is 270 cm³/mol. The number of fused-ring (bicyclic) bond motifs is 3. The highest BCUT2D eigenvalue weighted by Crippen LogP contribution is 2.52. The summed E-state index contributed by atoms with van der Waals surface area (Å²) < 4.78 is 0. The largest absolute Gasteiger partial charge is 0.342 e. The number of para-hydroxylation sites is 1. The molecule has 2 aromatic rings. The van der Waals surface area contributed by atoms with E-state index in [2.05, 4.69) is 205 Å². The van der Waals surface area contributed by atoms with Crippen LogP contribution in [0.5, 0.6) is 0 Å². The molecule has 0 fully saturated rings. The normalized spacial score (nSPS) is 22.7. The fraction of sp³-hybridized carbons (Fsp3) is 0.386. The third-order valence-corrected chi connectivity index (χ3v) is 13.0. The Morgan fingerprint density at radius 3 is 2.26 bits per heavy atom. The molecule has 0 N–H and O–H groups in total. The van der Waals surface area contributed by atoms with Crippen LogP contribution in [0.4, 0.5) is 11.4 Å². The first kappa shape index (κ1) is 50.2. The number of allylic oxidation sites excluding steroid dienone is 14. The number of anilines is 2. The fourth-order valence-corrected chi connectivity index (χ4v) is 9.46. The Morgan fingerprint density at radius 1 is 0.885 bits per heavy atom. The summed E-state index contributed by atoms with van der Waals surface area (Å²) in [4.78, 5) is 20.4. The van der Waals surface area contributed by atoms with Crippen LogP contribution in [0.2, 0.25) is 0 Å². The molecule has 0 bridgehead atoms. The molecule has 0 radical (unpaired) electrons. The minimum Gasteiger partial charge on any atom is -0.342 e. The molecule has 322 valence electrons. The molecule has 7 rings (SSSR count). The van der Waals surface area contributed by atoms with E-state index in [0.717, 1.165) is 60.5 Å². The van der Waals surface area contributed by atoms with E-state index in [1.807, 2.05) is 13.8 Å². The van der Waals surface area contributed by atoms with Gasteiger partial charge in [0.1, 0.15) is 0 Å². The van der Waals surface area contributed by atoms with Crippen LogP contribution in [0, 0.1) is 36.0 Å². The summed E-state index contributed by atoms with van der Waals surface area (Å²) in [5.41, 5.74) is 9.97. The first-order valence-corrected chi connectivity index (χ1v) is 22.8. The average Bonchev–Trinajstić information content (AvgIpc) is 3.54. The summed E-state index contributed by atoms with van der Waals surface area (Å²) in [6, 6.07) is 15.6. The van der Waals surface area contributed by atoms with Crippen molar-refractivity contribution in [1.29, 1.82) is 0 Å². The van der Waals surface area contributed by atoms with E-state index >= 15 is 0 Å². The number of Topliss-reactive ketones (excluding diaryl/α,β-unsaturated/α-hetero) is 1. The molecule has 5 aliphatic rings. The molecule has 2 atom stereocenters. The van der Waals surface area contributed by atoms with E-state index in [-0.39, 0.29) is 22.7 Å². The van der Waals surface area contributed by atoms with Gasteiger partial charge in [-0.2, -0.15) is 0 Å². The summed E-state index contributed by atoms with van der Waals surface area (Å²) in [7, 11) is 0. The number of benzene rings is 2. The SMILES string of the molecule is C#CC.C#CC.C=C(C)N1C/C=C\C=C/CCC(C)(C)c2ccccc21.CC.CC1=C(C)Sc2ccc(N3C4=C(C=CC=CC4)C(C)(C)C4C/C=C\C/C=C\C43)cc2C(=O)C1. The molecular formula is C57H72N2OS. The zero-order chi connectivity index (χ0) is 45.2. The lowest BCUT2D eigenvalue weighted by atomic mass is 9.64. The number of terminal acetylenes is 2. The average molecular weight is 833 g/mol. The molecule has 0 saturated carbocycles. The van der Waals surface area contributed by atoms with Crippen molar-refractivity contribution in [2.24, 2.45) is 11.3 Å². The molecule has 0 amide bonds. The van der Waals surface area contributed by atoms with Gasteiger partial charge in [0.05, 0.1) is 6.04 Å². The molecule has 2 unspecified atom stereocenters. The van der Waals surface area contributed by atoms with E-state index in [1.54, 1.807) is 25.6 Å². The lowest BCUT2D eigenvalue weighted by Crippen LogP contribution is -2.50. The predicted octanol–water partition coefficient (Wildman–Crippen LogP) is 15.7. The van der Waals surface area contributed by atoms with Crippen molar-refractivity contribution in [3.8, 4) is 24.7 Å². The van der Waals surface area contributed by atoms with Gasteiger partial charge in [-0.1, -0.05) is 157 Å². The Bertz CT molecular complexity index is 2150. The van der Waals surface area contributed by atoms with Gasteiger partial charge in [0, 0.05) is 52.6 Å². The monoisotopic (exact) mass is 833 g/mol. The van der Waals surface area contributed by atoms with Gasteiger partial charge >= 0.3 is 0 Å². The quantitative estimate of drug-likeness (QED) is 0.222. The second-order valence-corrected chi connectivity index (χ2v) is 18.1. The van der Waals surface area contributed by atoms with Crippen LogP contribution in [0.3, 0.4) is 0 Å². The highest BCUT2D eigenvalue weighted by atomic mass is 32.2. The molecule has 0 aromatic heterocycles. The summed E-state index contributed by atoms with van der Waals surface area (Å²) in [6.45, 7) is 28.1. The number of hydrogen-bond donors (Lipinski definition) is 0. The van der Waals surface area contributed by atoms with Gasteiger partial charge in [0.2, 0.25) is 0 Å². The van der Waals surface area contributed by atoms with Crippen LogP contribution in [0.1, 0.15) is 131 Å². The minimum absolute atomic E-state index is 0.0561. The van der Waals surface area contributed by atoms with Gasteiger partial charge in [-0.05, 0) is 117 Å². The number of rotatable bonds is 2. The van der Waals surface area contributed by atoms with E-state index in [1.165, 1.54) is 33.0 Å². The number of thioether (sulfide) groups is 1. The Hall–Kier alpha value is -5.16. The Morgan fingerprint density at radius 2 is 1.56 bits per heavy atom. The highest BCUT2D eigenvalue weighted by molar-refractivity contribution is 8.03. The third kappa shape index (κ3) is 12.9. The number of hydrogen-bond acceptors (Lipinski definition) is 4.